The molecule has 0 bridgehead atoms. The van der Waals surface area contributed by atoms with Crippen LogP contribution in [-0.4, -0.2) is 14.5 Å². The zero-order valence-corrected chi connectivity index (χ0v) is 10.1. The average Bonchev–Trinajstić information content (AvgIpc) is 2.82. The van der Waals surface area contributed by atoms with Crippen molar-refractivity contribution in [1.29, 1.82) is 0 Å². The second-order valence-electron chi connectivity index (χ2n) is 4.39. The summed E-state index contributed by atoms with van der Waals surface area (Å²) in [6.45, 7) is 1.76. The number of imidazole rings is 1. The molecule has 0 saturated heterocycles. The van der Waals surface area contributed by atoms with Gasteiger partial charge in [-0.1, -0.05) is 30.3 Å². The third-order valence-electron chi connectivity index (χ3n) is 3.05. The minimum atomic E-state index is -0.430. The maximum absolute atomic E-state index is 9.48. The maximum Gasteiger partial charge on any atom is 0.137 e. The molecule has 0 saturated carbocycles. The van der Waals surface area contributed by atoms with Crippen molar-refractivity contribution in [3.05, 3.63) is 60.4 Å². The summed E-state index contributed by atoms with van der Waals surface area (Å²) in [5, 5.41) is 9.48. The Balaban J connectivity index is 2.03. The molecule has 2 heterocycles. The number of hydrogen-bond acceptors (Lipinski definition) is 2. The van der Waals surface area contributed by atoms with Gasteiger partial charge in [-0.2, -0.15) is 0 Å². The largest absolute Gasteiger partial charge is 0.389 e. The Morgan fingerprint density at radius 2 is 1.89 bits per heavy atom. The first kappa shape index (κ1) is 11.0. The topological polar surface area (TPSA) is 37.5 Å². The Morgan fingerprint density at radius 1 is 1.11 bits per heavy atom. The fourth-order valence-corrected chi connectivity index (χ4v) is 2.01. The normalized spacial score (nSPS) is 12.8. The van der Waals surface area contributed by atoms with Gasteiger partial charge in [0.1, 0.15) is 5.65 Å². The molecule has 1 unspecified atom stereocenters. The number of aromatic nitrogens is 2. The number of aliphatic hydroxyl groups excluding tert-OH is 1. The van der Waals surface area contributed by atoms with Gasteiger partial charge in [0.15, 0.2) is 0 Å². The van der Waals surface area contributed by atoms with Crippen LogP contribution < -0.4 is 0 Å². The number of benzene rings is 1. The van der Waals surface area contributed by atoms with Crippen molar-refractivity contribution in [1.82, 2.24) is 9.38 Å². The van der Waals surface area contributed by atoms with E-state index in [9.17, 15) is 5.11 Å². The predicted molar refractivity (Wildman–Crippen MR) is 71.3 cm³/mol. The molecule has 0 fully saturated rings. The number of pyridine rings is 1. The molecule has 1 atom stereocenters. The van der Waals surface area contributed by atoms with E-state index >= 15 is 0 Å². The molecule has 1 N–H and O–H groups in total. The van der Waals surface area contributed by atoms with Gasteiger partial charge in [-0.25, -0.2) is 4.98 Å². The van der Waals surface area contributed by atoms with Gasteiger partial charge in [0.05, 0.1) is 11.8 Å². The molecule has 2 aromatic heterocycles. The minimum absolute atomic E-state index is 0.430. The van der Waals surface area contributed by atoms with Crippen molar-refractivity contribution in [2.24, 2.45) is 0 Å². The van der Waals surface area contributed by atoms with Gasteiger partial charge in [0.25, 0.3) is 0 Å². The SMILES string of the molecule is CC(O)c1ccc(-c2cn3ccccc3n2)cc1. The third kappa shape index (κ3) is 1.89. The summed E-state index contributed by atoms with van der Waals surface area (Å²) in [6.07, 6.45) is 3.56. The molecule has 1 aromatic carbocycles. The van der Waals surface area contributed by atoms with Crippen LogP contribution in [0.5, 0.6) is 0 Å². The van der Waals surface area contributed by atoms with Crippen molar-refractivity contribution in [3.8, 4) is 11.3 Å². The summed E-state index contributed by atoms with van der Waals surface area (Å²) in [7, 11) is 0. The highest BCUT2D eigenvalue weighted by molar-refractivity contribution is 5.62. The first-order valence-electron chi connectivity index (χ1n) is 5.96. The molecule has 3 rings (SSSR count). The van der Waals surface area contributed by atoms with Crippen LogP contribution in [0.25, 0.3) is 16.9 Å². The molecular formula is C15H14N2O. The van der Waals surface area contributed by atoms with Gasteiger partial charge >= 0.3 is 0 Å². The van der Waals surface area contributed by atoms with E-state index < -0.39 is 6.10 Å². The van der Waals surface area contributed by atoms with Crippen LogP contribution in [-0.2, 0) is 0 Å². The monoisotopic (exact) mass is 238 g/mol. The first-order valence-corrected chi connectivity index (χ1v) is 5.96. The maximum atomic E-state index is 9.48. The zero-order valence-electron chi connectivity index (χ0n) is 10.1. The quantitative estimate of drug-likeness (QED) is 0.745. The number of hydrogen-bond donors (Lipinski definition) is 1. The van der Waals surface area contributed by atoms with Crippen LogP contribution in [0.4, 0.5) is 0 Å². The van der Waals surface area contributed by atoms with Crippen LogP contribution in [0.2, 0.25) is 0 Å². The zero-order chi connectivity index (χ0) is 12.5. The van der Waals surface area contributed by atoms with Gasteiger partial charge in [0, 0.05) is 18.0 Å². The second kappa shape index (κ2) is 4.27. The van der Waals surface area contributed by atoms with E-state index in [-0.39, 0.29) is 0 Å². The first-order chi connectivity index (χ1) is 8.74. The smallest absolute Gasteiger partial charge is 0.137 e. The fourth-order valence-electron chi connectivity index (χ4n) is 2.01. The molecule has 3 nitrogen and oxygen atoms in total. The lowest BCUT2D eigenvalue weighted by molar-refractivity contribution is 0.199. The fraction of sp³-hybridized carbons (Fsp3) is 0.133. The molecule has 3 aromatic rings. The lowest BCUT2D eigenvalue weighted by Crippen LogP contribution is -1.89. The Morgan fingerprint density at radius 3 is 2.56 bits per heavy atom. The van der Waals surface area contributed by atoms with Gasteiger partial charge in [-0.3, -0.25) is 0 Å². The van der Waals surface area contributed by atoms with Crippen molar-refractivity contribution < 1.29 is 5.11 Å². The molecule has 18 heavy (non-hydrogen) atoms. The number of aliphatic hydroxyl groups is 1. The van der Waals surface area contributed by atoms with E-state index in [1.165, 1.54) is 0 Å². The highest BCUT2D eigenvalue weighted by Gasteiger charge is 2.05. The predicted octanol–water partition coefficient (Wildman–Crippen LogP) is 3.05. The summed E-state index contributed by atoms with van der Waals surface area (Å²) in [4.78, 5) is 4.56. The van der Waals surface area contributed by atoms with Gasteiger partial charge in [-0.15, -0.1) is 0 Å². The summed E-state index contributed by atoms with van der Waals surface area (Å²) < 4.78 is 2.00. The molecule has 0 aliphatic heterocycles. The lowest BCUT2D eigenvalue weighted by Gasteiger charge is -2.04. The van der Waals surface area contributed by atoms with Crippen molar-refractivity contribution in [2.45, 2.75) is 13.0 Å². The van der Waals surface area contributed by atoms with Crippen LogP contribution >= 0.6 is 0 Å². The van der Waals surface area contributed by atoms with Gasteiger partial charge < -0.3 is 9.51 Å². The Labute approximate surface area is 105 Å². The molecule has 0 aliphatic rings. The van der Waals surface area contributed by atoms with E-state index in [1.807, 2.05) is 59.3 Å². The minimum Gasteiger partial charge on any atom is -0.389 e. The van der Waals surface area contributed by atoms with Crippen LogP contribution in [0.3, 0.4) is 0 Å². The number of rotatable bonds is 2. The van der Waals surface area contributed by atoms with E-state index in [2.05, 4.69) is 4.98 Å². The van der Waals surface area contributed by atoms with Crippen LogP contribution in [0, 0.1) is 0 Å². The molecule has 3 heteroatoms. The van der Waals surface area contributed by atoms with E-state index in [0.29, 0.717) is 0 Å². The summed E-state index contributed by atoms with van der Waals surface area (Å²) in [6, 6.07) is 13.8. The van der Waals surface area contributed by atoms with Crippen molar-refractivity contribution in [2.75, 3.05) is 0 Å². The standard InChI is InChI=1S/C15H14N2O/c1-11(18)12-5-7-13(8-6-12)14-10-17-9-3-2-4-15(17)16-14/h2-11,18H,1H3. The van der Waals surface area contributed by atoms with E-state index in [4.69, 9.17) is 0 Å². The van der Waals surface area contributed by atoms with Gasteiger partial charge in [0.2, 0.25) is 0 Å². The third-order valence-corrected chi connectivity index (χ3v) is 3.05. The summed E-state index contributed by atoms with van der Waals surface area (Å²) in [5.41, 5.74) is 3.86. The average molecular weight is 238 g/mol. The molecular weight excluding hydrogens is 224 g/mol. The Hall–Kier alpha value is -2.13. The summed E-state index contributed by atoms with van der Waals surface area (Å²) in [5.74, 6) is 0. The van der Waals surface area contributed by atoms with Crippen molar-refractivity contribution >= 4 is 5.65 Å². The number of nitrogens with zero attached hydrogens (tertiary/aromatic N) is 2. The molecule has 0 radical (unpaired) electrons. The van der Waals surface area contributed by atoms with Gasteiger partial charge in [-0.05, 0) is 24.6 Å². The molecule has 90 valence electrons. The number of fused-ring (bicyclic) bond motifs is 1. The Kier molecular flexibility index (Phi) is 2.61. The Bertz CT molecular complexity index is 635. The summed E-state index contributed by atoms with van der Waals surface area (Å²) >= 11 is 0. The molecule has 0 spiro atoms. The highest BCUT2D eigenvalue weighted by atomic mass is 16.3. The molecule has 0 amide bonds. The second-order valence-corrected chi connectivity index (χ2v) is 4.39. The van der Waals surface area contributed by atoms with Crippen LogP contribution in [0.15, 0.2) is 54.9 Å². The lowest BCUT2D eigenvalue weighted by atomic mass is 10.1. The van der Waals surface area contributed by atoms with E-state index in [0.717, 1.165) is 22.5 Å². The van der Waals surface area contributed by atoms with Crippen molar-refractivity contribution in [3.63, 3.8) is 0 Å². The van der Waals surface area contributed by atoms with Crippen LogP contribution in [0.1, 0.15) is 18.6 Å². The van der Waals surface area contributed by atoms with E-state index in [1.54, 1.807) is 6.92 Å². The highest BCUT2D eigenvalue weighted by Crippen LogP contribution is 2.21. The molecule has 0 aliphatic carbocycles.